The van der Waals surface area contributed by atoms with Crippen molar-refractivity contribution in [2.24, 2.45) is 0 Å². The first-order valence-corrected chi connectivity index (χ1v) is 11.8. The number of hydrogen-bond donors (Lipinski definition) is 1. The normalized spacial score (nSPS) is 22.4. The molecule has 0 unspecified atom stereocenters. The van der Waals surface area contributed by atoms with Gasteiger partial charge in [-0.15, -0.1) is 0 Å². The maximum atomic E-state index is 4.76. The molecule has 0 amide bonds. The number of hydrogen-bond acceptors (Lipinski definition) is 4. The highest BCUT2D eigenvalue weighted by Gasteiger charge is 2.40. The van der Waals surface area contributed by atoms with E-state index in [1.54, 1.807) is 0 Å². The van der Waals surface area contributed by atoms with Crippen LogP contribution in [0.25, 0.3) is 0 Å². The minimum atomic E-state index is 0.126. The van der Waals surface area contributed by atoms with Crippen molar-refractivity contribution in [3.8, 4) is 0 Å². The molecule has 0 bridgehead atoms. The smallest absolute Gasteiger partial charge is 0.0544 e. The van der Waals surface area contributed by atoms with Crippen LogP contribution in [0.2, 0.25) is 0 Å². The van der Waals surface area contributed by atoms with Crippen molar-refractivity contribution in [1.82, 2.24) is 25.0 Å². The highest BCUT2D eigenvalue weighted by atomic mass is 15.3. The molecule has 2 aliphatic rings. The third-order valence-electron chi connectivity index (χ3n) is 6.77. The van der Waals surface area contributed by atoms with Crippen LogP contribution in [0.15, 0.2) is 36.8 Å². The molecular weight excluding hydrogens is 370 g/mol. The van der Waals surface area contributed by atoms with Crippen LogP contribution in [0.5, 0.6) is 0 Å². The molecule has 2 aromatic heterocycles. The first kappa shape index (κ1) is 21.5. The molecule has 5 nitrogen and oxygen atoms in total. The number of pyridine rings is 1. The lowest BCUT2D eigenvalue weighted by atomic mass is 9.79. The number of rotatable bonds is 6. The first-order valence-electron chi connectivity index (χ1n) is 11.8. The largest absolute Gasteiger partial charge is 0.307 e. The zero-order valence-electron chi connectivity index (χ0n) is 19.3. The van der Waals surface area contributed by atoms with Gasteiger partial charge in [-0.25, -0.2) is 0 Å². The topological polar surface area (TPSA) is 46.0 Å². The van der Waals surface area contributed by atoms with Crippen molar-refractivity contribution in [3.63, 3.8) is 0 Å². The standard InChI is InChI=1S/C25H39N5/c1-24(2)14-23(15-25(3,4)28-24)29(19-21-10-8-9-13-26-21)17-20-16-27-30(18-20)22-11-6-5-7-12-22/h8-10,13,16,18,22-23,28H,5-7,11-12,14-15,17,19H2,1-4H3. The van der Waals surface area contributed by atoms with Crippen LogP contribution in [0.4, 0.5) is 0 Å². The van der Waals surface area contributed by atoms with E-state index in [4.69, 9.17) is 5.10 Å². The minimum Gasteiger partial charge on any atom is -0.307 e. The lowest BCUT2D eigenvalue weighted by molar-refractivity contribution is 0.0556. The van der Waals surface area contributed by atoms with Gasteiger partial charge in [-0.2, -0.15) is 5.10 Å². The molecule has 1 aliphatic carbocycles. The van der Waals surface area contributed by atoms with Crippen LogP contribution in [0.3, 0.4) is 0 Å². The molecule has 164 valence electrons. The number of piperidine rings is 1. The quantitative estimate of drug-likeness (QED) is 0.721. The molecule has 0 radical (unpaired) electrons. The van der Waals surface area contributed by atoms with E-state index < -0.39 is 0 Å². The highest BCUT2D eigenvalue weighted by molar-refractivity contribution is 5.10. The minimum absolute atomic E-state index is 0.126. The van der Waals surface area contributed by atoms with E-state index in [1.807, 2.05) is 12.3 Å². The van der Waals surface area contributed by atoms with Crippen LogP contribution < -0.4 is 5.32 Å². The first-order chi connectivity index (χ1) is 14.3. The fourth-order valence-electron chi connectivity index (χ4n) is 5.78. The van der Waals surface area contributed by atoms with Gasteiger partial charge in [0, 0.05) is 48.2 Å². The summed E-state index contributed by atoms with van der Waals surface area (Å²) in [5.41, 5.74) is 2.72. The van der Waals surface area contributed by atoms with E-state index in [0.29, 0.717) is 12.1 Å². The molecule has 1 aliphatic heterocycles. The predicted octanol–water partition coefficient (Wildman–Crippen LogP) is 5.09. The van der Waals surface area contributed by atoms with Gasteiger partial charge in [0.1, 0.15) is 0 Å². The summed E-state index contributed by atoms with van der Waals surface area (Å²) in [6.45, 7) is 11.1. The fourth-order valence-corrected chi connectivity index (χ4v) is 5.78. The Morgan fingerprint density at radius 2 is 1.77 bits per heavy atom. The molecule has 2 aromatic rings. The van der Waals surface area contributed by atoms with E-state index in [9.17, 15) is 0 Å². The highest BCUT2D eigenvalue weighted by Crippen LogP contribution is 2.33. The van der Waals surface area contributed by atoms with Crippen LogP contribution >= 0.6 is 0 Å². The molecule has 1 N–H and O–H groups in total. The Morgan fingerprint density at radius 1 is 1.03 bits per heavy atom. The summed E-state index contributed by atoms with van der Waals surface area (Å²) >= 11 is 0. The van der Waals surface area contributed by atoms with Crippen molar-refractivity contribution in [2.45, 2.75) is 109 Å². The van der Waals surface area contributed by atoms with Crippen molar-refractivity contribution in [1.29, 1.82) is 0 Å². The van der Waals surface area contributed by atoms with E-state index in [-0.39, 0.29) is 11.1 Å². The molecule has 2 fully saturated rings. The Balaban J connectivity index is 1.54. The van der Waals surface area contributed by atoms with Crippen molar-refractivity contribution >= 4 is 0 Å². The molecule has 4 rings (SSSR count). The van der Waals surface area contributed by atoms with E-state index in [0.717, 1.165) is 31.6 Å². The average molecular weight is 410 g/mol. The van der Waals surface area contributed by atoms with Crippen molar-refractivity contribution < 1.29 is 0 Å². The lowest BCUT2D eigenvalue weighted by Gasteiger charge is -2.49. The maximum Gasteiger partial charge on any atom is 0.0544 e. The molecule has 0 aromatic carbocycles. The lowest BCUT2D eigenvalue weighted by Crippen LogP contribution is -2.62. The number of nitrogens with one attached hydrogen (secondary N) is 1. The van der Waals surface area contributed by atoms with Crippen LogP contribution in [-0.4, -0.2) is 36.8 Å². The second kappa shape index (κ2) is 8.80. The summed E-state index contributed by atoms with van der Waals surface area (Å²) < 4.78 is 2.24. The zero-order valence-corrected chi connectivity index (χ0v) is 19.3. The number of nitrogens with zero attached hydrogens (tertiary/aromatic N) is 4. The fraction of sp³-hybridized carbons (Fsp3) is 0.680. The van der Waals surface area contributed by atoms with Gasteiger partial charge in [0.25, 0.3) is 0 Å². The monoisotopic (exact) mass is 409 g/mol. The second-order valence-electron chi connectivity index (χ2n) is 10.8. The third-order valence-corrected chi connectivity index (χ3v) is 6.77. The maximum absolute atomic E-state index is 4.76. The zero-order chi connectivity index (χ0) is 21.2. The van der Waals surface area contributed by atoms with Gasteiger partial charge >= 0.3 is 0 Å². The average Bonchev–Trinajstić information content (AvgIpc) is 3.15. The summed E-state index contributed by atoms with van der Waals surface area (Å²) in [6, 6.07) is 7.34. The van der Waals surface area contributed by atoms with Crippen LogP contribution in [0, 0.1) is 0 Å². The second-order valence-corrected chi connectivity index (χ2v) is 10.8. The van der Waals surface area contributed by atoms with Gasteiger partial charge in [-0.1, -0.05) is 25.3 Å². The third kappa shape index (κ3) is 5.50. The molecule has 3 heterocycles. The van der Waals surface area contributed by atoms with Gasteiger partial charge in [0.2, 0.25) is 0 Å². The van der Waals surface area contributed by atoms with Crippen molar-refractivity contribution in [2.75, 3.05) is 0 Å². The Labute approximate surface area is 182 Å². The Kier molecular flexibility index (Phi) is 6.31. The summed E-state index contributed by atoms with van der Waals surface area (Å²) in [5.74, 6) is 0. The van der Waals surface area contributed by atoms with Gasteiger partial charge in [-0.05, 0) is 65.5 Å². The van der Waals surface area contributed by atoms with E-state index in [2.05, 4.69) is 72.1 Å². The van der Waals surface area contributed by atoms with Crippen LogP contribution in [-0.2, 0) is 13.1 Å². The van der Waals surface area contributed by atoms with Gasteiger partial charge in [-0.3, -0.25) is 14.6 Å². The summed E-state index contributed by atoms with van der Waals surface area (Å²) in [7, 11) is 0. The van der Waals surface area contributed by atoms with E-state index in [1.165, 1.54) is 37.7 Å². The molecule has 30 heavy (non-hydrogen) atoms. The Bertz CT molecular complexity index is 788. The SMILES string of the molecule is CC1(C)CC(N(Cc2cnn(C3CCCCC3)c2)Cc2ccccn2)CC(C)(C)N1. The predicted molar refractivity (Wildman–Crippen MR) is 122 cm³/mol. The molecule has 5 heteroatoms. The summed E-state index contributed by atoms with van der Waals surface area (Å²) in [5, 5.41) is 8.60. The molecule has 0 atom stereocenters. The Hall–Kier alpha value is -1.72. The summed E-state index contributed by atoms with van der Waals surface area (Å²) in [6.07, 6.45) is 15.2. The van der Waals surface area contributed by atoms with Gasteiger partial charge in [0.05, 0.1) is 17.9 Å². The van der Waals surface area contributed by atoms with Crippen LogP contribution in [0.1, 0.15) is 89.9 Å². The van der Waals surface area contributed by atoms with Gasteiger partial charge < -0.3 is 5.32 Å². The van der Waals surface area contributed by atoms with Crippen molar-refractivity contribution in [3.05, 3.63) is 48.0 Å². The van der Waals surface area contributed by atoms with Gasteiger partial charge in [0.15, 0.2) is 0 Å². The molecular formula is C25H39N5. The molecule has 0 spiro atoms. The molecule has 1 saturated carbocycles. The Morgan fingerprint density at radius 3 is 2.43 bits per heavy atom. The van der Waals surface area contributed by atoms with E-state index >= 15 is 0 Å². The molecule has 1 saturated heterocycles. The summed E-state index contributed by atoms with van der Waals surface area (Å²) in [4.78, 5) is 7.26. The number of aromatic nitrogens is 3.